The maximum atomic E-state index is 12.5. The number of ether oxygens (including phenoxy) is 1. The second-order valence-electron chi connectivity index (χ2n) is 8.35. The van der Waals surface area contributed by atoms with Crippen LogP contribution in [-0.4, -0.2) is 56.2 Å². The Balaban J connectivity index is 1.24. The molecule has 0 atom stereocenters. The average molecular weight is 415 g/mol. The molecule has 6 nitrogen and oxygen atoms in total. The summed E-state index contributed by atoms with van der Waals surface area (Å²) in [7, 11) is 1.78. The number of carbonyl (C=O) groups is 1. The molecular formula is C24H38N4O2. The van der Waals surface area contributed by atoms with Crippen molar-refractivity contribution in [3.8, 4) is 0 Å². The lowest BCUT2D eigenvalue weighted by atomic mass is 9.98. The maximum Gasteiger partial charge on any atom is 0.222 e. The molecule has 6 heteroatoms. The van der Waals surface area contributed by atoms with Gasteiger partial charge in [0.05, 0.1) is 6.10 Å². The van der Waals surface area contributed by atoms with Gasteiger partial charge in [-0.2, -0.15) is 0 Å². The van der Waals surface area contributed by atoms with E-state index in [1.165, 1.54) is 43.2 Å². The number of hydrogen-bond acceptors (Lipinski definition) is 3. The standard InChI is InChI=1S/C24H38N4O2/c1-25-24(27-16-8-18-30-22-11-3-2-4-12-22)26-15-7-13-23(29)28-17-14-20-9-5-6-10-21(20)19-28/h5-6,9-10,22H,2-4,7-8,11-19H2,1H3,(H2,25,26,27). The lowest BCUT2D eigenvalue weighted by molar-refractivity contribution is -0.132. The molecule has 0 aromatic heterocycles. The zero-order valence-electron chi connectivity index (χ0n) is 18.5. The van der Waals surface area contributed by atoms with Crippen LogP contribution in [-0.2, 0) is 22.5 Å². The molecule has 1 aliphatic heterocycles. The highest BCUT2D eigenvalue weighted by atomic mass is 16.5. The summed E-state index contributed by atoms with van der Waals surface area (Å²) in [6.07, 6.45) is 10.2. The molecule has 1 fully saturated rings. The van der Waals surface area contributed by atoms with Crippen molar-refractivity contribution < 1.29 is 9.53 Å². The van der Waals surface area contributed by atoms with Crippen LogP contribution < -0.4 is 10.6 Å². The first-order valence-corrected chi connectivity index (χ1v) is 11.7. The van der Waals surface area contributed by atoms with E-state index in [1.54, 1.807) is 7.05 Å². The summed E-state index contributed by atoms with van der Waals surface area (Å²) in [5.74, 6) is 1.04. The van der Waals surface area contributed by atoms with Crippen molar-refractivity contribution in [3.63, 3.8) is 0 Å². The van der Waals surface area contributed by atoms with Crippen molar-refractivity contribution in [2.24, 2.45) is 4.99 Å². The molecule has 0 bridgehead atoms. The third-order valence-electron chi connectivity index (χ3n) is 6.09. The van der Waals surface area contributed by atoms with Gasteiger partial charge in [0.15, 0.2) is 5.96 Å². The molecule has 1 amide bonds. The minimum Gasteiger partial charge on any atom is -0.378 e. The van der Waals surface area contributed by atoms with E-state index in [1.807, 2.05) is 4.90 Å². The van der Waals surface area contributed by atoms with Gasteiger partial charge in [-0.1, -0.05) is 43.5 Å². The highest BCUT2D eigenvalue weighted by Gasteiger charge is 2.19. The quantitative estimate of drug-likeness (QED) is 0.370. The fraction of sp³-hybridized carbons (Fsp3) is 0.667. The molecule has 3 rings (SSSR count). The summed E-state index contributed by atoms with van der Waals surface area (Å²) >= 11 is 0. The summed E-state index contributed by atoms with van der Waals surface area (Å²) < 4.78 is 5.96. The number of rotatable bonds is 9. The Labute approximate surface area is 181 Å². The molecule has 1 saturated carbocycles. The van der Waals surface area contributed by atoms with Gasteiger partial charge in [0, 0.05) is 46.3 Å². The van der Waals surface area contributed by atoms with Gasteiger partial charge in [-0.15, -0.1) is 0 Å². The summed E-state index contributed by atoms with van der Waals surface area (Å²) in [6.45, 7) is 3.97. The van der Waals surface area contributed by atoms with E-state index in [-0.39, 0.29) is 5.91 Å². The summed E-state index contributed by atoms with van der Waals surface area (Å²) in [4.78, 5) is 18.8. The second kappa shape index (κ2) is 12.6. The fourth-order valence-corrected chi connectivity index (χ4v) is 4.29. The lowest BCUT2D eigenvalue weighted by Gasteiger charge is -2.29. The SMILES string of the molecule is CN=C(NCCCOC1CCCCC1)NCCCC(=O)N1CCc2ccccc2C1. The van der Waals surface area contributed by atoms with E-state index in [0.29, 0.717) is 12.5 Å². The molecule has 2 aliphatic rings. The lowest BCUT2D eigenvalue weighted by Crippen LogP contribution is -2.39. The fourth-order valence-electron chi connectivity index (χ4n) is 4.29. The van der Waals surface area contributed by atoms with Gasteiger partial charge in [0.25, 0.3) is 0 Å². The monoisotopic (exact) mass is 414 g/mol. The molecule has 0 spiro atoms. The Bertz CT molecular complexity index is 686. The Kier molecular flexibility index (Phi) is 9.48. The van der Waals surface area contributed by atoms with E-state index in [2.05, 4.69) is 39.9 Å². The number of hydrogen-bond donors (Lipinski definition) is 2. The summed E-state index contributed by atoms with van der Waals surface area (Å²) in [5.41, 5.74) is 2.66. The van der Waals surface area contributed by atoms with Gasteiger partial charge in [0.2, 0.25) is 5.91 Å². The molecular weight excluding hydrogens is 376 g/mol. The Morgan fingerprint density at radius 2 is 1.83 bits per heavy atom. The van der Waals surface area contributed by atoms with E-state index >= 15 is 0 Å². The predicted octanol–water partition coefficient (Wildman–Crippen LogP) is 3.26. The smallest absolute Gasteiger partial charge is 0.222 e. The largest absolute Gasteiger partial charge is 0.378 e. The first kappa shape index (κ1) is 22.6. The van der Waals surface area contributed by atoms with Crippen molar-refractivity contribution in [2.45, 2.75) is 70.4 Å². The van der Waals surface area contributed by atoms with Gasteiger partial charge in [0.1, 0.15) is 0 Å². The van der Waals surface area contributed by atoms with Crippen LogP contribution in [0.2, 0.25) is 0 Å². The summed E-state index contributed by atoms with van der Waals surface area (Å²) in [6, 6.07) is 8.43. The highest BCUT2D eigenvalue weighted by Crippen LogP contribution is 2.20. The number of guanidine groups is 1. The molecule has 30 heavy (non-hydrogen) atoms. The third kappa shape index (κ3) is 7.31. The molecule has 1 aromatic rings. The van der Waals surface area contributed by atoms with Crippen LogP contribution in [0, 0.1) is 0 Å². The number of aliphatic imine (C=N–C) groups is 1. The minimum absolute atomic E-state index is 0.245. The molecule has 2 N–H and O–H groups in total. The number of benzene rings is 1. The Hall–Kier alpha value is -2.08. The van der Waals surface area contributed by atoms with Crippen molar-refractivity contribution in [3.05, 3.63) is 35.4 Å². The van der Waals surface area contributed by atoms with Crippen LogP contribution in [0.15, 0.2) is 29.3 Å². The van der Waals surface area contributed by atoms with Crippen LogP contribution in [0.4, 0.5) is 0 Å². The molecule has 1 aromatic carbocycles. The molecule has 1 heterocycles. The second-order valence-corrected chi connectivity index (χ2v) is 8.35. The van der Waals surface area contributed by atoms with E-state index in [0.717, 1.165) is 58.0 Å². The van der Waals surface area contributed by atoms with Crippen molar-refractivity contribution in [2.75, 3.05) is 33.3 Å². The van der Waals surface area contributed by atoms with E-state index in [9.17, 15) is 4.79 Å². The normalized spacial score (nSPS) is 17.5. The minimum atomic E-state index is 0.245. The first-order valence-electron chi connectivity index (χ1n) is 11.7. The molecule has 0 saturated heterocycles. The van der Waals surface area contributed by atoms with Crippen molar-refractivity contribution in [1.82, 2.24) is 15.5 Å². The van der Waals surface area contributed by atoms with Gasteiger partial charge in [-0.05, 0) is 43.2 Å². The van der Waals surface area contributed by atoms with Gasteiger partial charge in [-0.25, -0.2) is 0 Å². The Morgan fingerprint density at radius 3 is 2.60 bits per heavy atom. The Morgan fingerprint density at radius 1 is 1.10 bits per heavy atom. The number of amides is 1. The predicted molar refractivity (Wildman–Crippen MR) is 122 cm³/mol. The van der Waals surface area contributed by atoms with E-state index < -0.39 is 0 Å². The van der Waals surface area contributed by atoms with Crippen LogP contribution >= 0.6 is 0 Å². The molecule has 0 unspecified atom stereocenters. The van der Waals surface area contributed by atoms with Gasteiger partial charge >= 0.3 is 0 Å². The summed E-state index contributed by atoms with van der Waals surface area (Å²) in [5, 5.41) is 6.64. The topological polar surface area (TPSA) is 66.0 Å². The van der Waals surface area contributed by atoms with Crippen LogP contribution in [0.5, 0.6) is 0 Å². The van der Waals surface area contributed by atoms with Crippen molar-refractivity contribution in [1.29, 1.82) is 0 Å². The zero-order valence-corrected chi connectivity index (χ0v) is 18.5. The van der Waals surface area contributed by atoms with Crippen LogP contribution in [0.1, 0.15) is 62.5 Å². The highest BCUT2D eigenvalue weighted by molar-refractivity contribution is 5.80. The average Bonchev–Trinajstić information content (AvgIpc) is 2.80. The molecule has 1 aliphatic carbocycles. The molecule has 166 valence electrons. The van der Waals surface area contributed by atoms with Crippen LogP contribution in [0.3, 0.4) is 0 Å². The number of carbonyl (C=O) groups excluding carboxylic acids is 1. The first-order chi connectivity index (χ1) is 14.8. The van der Waals surface area contributed by atoms with Crippen LogP contribution in [0.25, 0.3) is 0 Å². The van der Waals surface area contributed by atoms with Gasteiger partial charge < -0.3 is 20.3 Å². The third-order valence-corrected chi connectivity index (χ3v) is 6.09. The maximum absolute atomic E-state index is 12.5. The number of nitrogens with one attached hydrogen (secondary N) is 2. The van der Waals surface area contributed by atoms with Crippen molar-refractivity contribution >= 4 is 11.9 Å². The zero-order chi connectivity index (χ0) is 21.0. The number of fused-ring (bicyclic) bond motifs is 1. The van der Waals surface area contributed by atoms with Gasteiger partial charge in [-0.3, -0.25) is 9.79 Å². The molecule has 0 radical (unpaired) electrons. The van der Waals surface area contributed by atoms with E-state index in [4.69, 9.17) is 4.74 Å². The number of nitrogens with zero attached hydrogens (tertiary/aromatic N) is 2.